The summed E-state index contributed by atoms with van der Waals surface area (Å²) < 4.78 is 1.83. The van der Waals surface area contributed by atoms with Crippen molar-refractivity contribution in [2.75, 3.05) is 5.73 Å². The molecule has 0 unspecified atom stereocenters. The number of hydrogen-bond donors (Lipinski definition) is 1. The van der Waals surface area contributed by atoms with E-state index >= 15 is 0 Å². The minimum absolute atomic E-state index is 0.347. The predicted octanol–water partition coefficient (Wildman–Crippen LogP) is 1.98. The van der Waals surface area contributed by atoms with E-state index < -0.39 is 0 Å². The van der Waals surface area contributed by atoms with Gasteiger partial charge in [-0.2, -0.15) is 5.26 Å². The first-order chi connectivity index (χ1) is 9.69. The molecule has 0 saturated carbocycles. The van der Waals surface area contributed by atoms with Gasteiger partial charge in [0.2, 0.25) is 0 Å². The highest BCUT2D eigenvalue weighted by molar-refractivity contribution is 6.31. The number of aromatic nitrogens is 4. The van der Waals surface area contributed by atoms with Crippen molar-refractivity contribution >= 4 is 28.6 Å². The van der Waals surface area contributed by atoms with Crippen molar-refractivity contribution < 1.29 is 0 Å². The van der Waals surface area contributed by atoms with Gasteiger partial charge in [0.1, 0.15) is 11.8 Å². The average Bonchev–Trinajstić information content (AvgIpc) is 2.86. The molecule has 20 heavy (non-hydrogen) atoms. The van der Waals surface area contributed by atoms with E-state index in [1.807, 2.05) is 10.6 Å². The van der Waals surface area contributed by atoms with E-state index in [1.165, 1.54) is 6.33 Å². The number of anilines is 1. The van der Waals surface area contributed by atoms with Crippen LogP contribution in [-0.4, -0.2) is 19.5 Å². The van der Waals surface area contributed by atoms with Crippen molar-refractivity contribution in [3.63, 3.8) is 0 Å². The number of hydrogen-bond acceptors (Lipinski definition) is 5. The Morgan fingerprint density at radius 1 is 1.30 bits per heavy atom. The summed E-state index contributed by atoms with van der Waals surface area (Å²) in [5.74, 6) is 0.347. The summed E-state index contributed by atoms with van der Waals surface area (Å²) in [6.45, 7) is 0.498. The standard InChI is InChI=1S/C13H9ClN6/c14-10-3-8(4-15)1-2-9(10)5-20-7-19-11-12(16)17-6-18-13(11)20/h1-3,6-7H,5H2,(H2,16,17,18). The molecule has 2 heterocycles. The van der Waals surface area contributed by atoms with Crippen LogP contribution in [0.3, 0.4) is 0 Å². The molecule has 3 rings (SSSR count). The summed E-state index contributed by atoms with van der Waals surface area (Å²) in [5.41, 5.74) is 8.36. The van der Waals surface area contributed by atoms with Crippen molar-refractivity contribution in [2.24, 2.45) is 0 Å². The zero-order valence-corrected chi connectivity index (χ0v) is 11.0. The molecule has 6 nitrogen and oxygen atoms in total. The van der Waals surface area contributed by atoms with Gasteiger partial charge in [0.25, 0.3) is 0 Å². The summed E-state index contributed by atoms with van der Waals surface area (Å²) in [4.78, 5) is 12.3. The normalized spacial score (nSPS) is 10.6. The highest BCUT2D eigenvalue weighted by Crippen LogP contribution is 2.21. The van der Waals surface area contributed by atoms with Gasteiger partial charge in [-0.15, -0.1) is 0 Å². The smallest absolute Gasteiger partial charge is 0.165 e. The lowest BCUT2D eigenvalue weighted by Crippen LogP contribution is -2.01. The maximum absolute atomic E-state index is 8.83. The van der Waals surface area contributed by atoms with Crippen LogP contribution in [0.25, 0.3) is 11.2 Å². The fourth-order valence-electron chi connectivity index (χ4n) is 1.94. The van der Waals surface area contributed by atoms with Crippen LogP contribution in [0.1, 0.15) is 11.1 Å². The molecule has 1 aromatic carbocycles. The van der Waals surface area contributed by atoms with Gasteiger partial charge in [-0.3, -0.25) is 0 Å². The summed E-state index contributed by atoms with van der Waals surface area (Å²) in [6, 6.07) is 7.23. The quantitative estimate of drug-likeness (QED) is 0.776. The number of nitrogen functional groups attached to an aromatic ring is 1. The molecule has 0 spiro atoms. The van der Waals surface area contributed by atoms with Crippen LogP contribution < -0.4 is 5.73 Å². The predicted molar refractivity (Wildman–Crippen MR) is 75.0 cm³/mol. The number of nitriles is 1. The molecule has 2 N–H and O–H groups in total. The van der Waals surface area contributed by atoms with Gasteiger partial charge in [0.15, 0.2) is 11.5 Å². The van der Waals surface area contributed by atoms with Crippen molar-refractivity contribution in [1.29, 1.82) is 5.26 Å². The fourth-order valence-corrected chi connectivity index (χ4v) is 2.18. The molecule has 0 fully saturated rings. The Labute approximate surface area is 119 Å². The molecule has 0 saturated heterocycles. The maximum Gasteiger partial charge on any atom is 0.165 e. The van der Waals surface area contributed by atoms with Gasteiger partial charge in [0, 0.05) is 5.02 Å². The van der Waals surface area contributed by atoms with Crippen molar-refractivity contribution in [3.8, 4) is 6.07 Å². The van der Waals surface area contributed by atoms with E-state index in [2.05, 4.69) is 21.0 Å². The van der Waals surface area contributed by atoms with Gasteiger partial charge in [0.05, 0.1) is 24.5 Å². The first kappa shape index (κ1) is 12.4. The van der Waals surface area contributed by atoms with Crippen LogP contribution >= 0.6 is 11.6 Å². The number of rotatable bonds is 2. The lowest BCUT2D eigenvalue weighted by atomic mass is 10.1. The Morgan fingerprint density at radius 3 is 2.90 bits per heavy atom. The number of benzene rings is 1. The van der Waals surface area contributed by atoms with E-state index in [4.69, 9.17) is 22.6 Å². The second-order valence-electron chi connectivity index (χ2n) is 4.22. The van der Waals surface area contributed by atoms with E-state index in [-0.39, 0.29) is 0 Å². The second-order valence-corrected chi connectivity index (χ2v) is 4.63. The fraction of sp³-hybridized carbons (Fsp3) is 0.0769. The summed E-state index contributed by atoms with van der Waals surface area (Å²) in [5, 5.41) is 9.36. The molecule has 0 radical (unpaired) electrons. The van der Waals surface area contributed by atoms with Gasteiger partial charge >= 0.3 is 0 Å². The third kappa shape index (κ3) is 2.04. The maximum atomic E-state index is 8.83. The highest BCUT2D eigenvalue weighted by Gasteiger charge is 2.09. The molecule has 7 heteroatoms. The average molecular weight is 285 g/mol. The van der Waals surface area contributed by atoms with E-state index in [9.17, 15) is 0 Å². The molecule has 0 amide bonds. The Bertz CT molecular complexity index is 832. The zero-order chi connectivity index (χ0) is 14.1. The monoisotopic (exact) mass is 284 g/mol. The molecular formula is C13H9ClN6. The number of imidazole rings is 1. The molecule has 0 bridgehead atoms. The Balaban J connectivity index is 2.02. The molecule has 2 aromatic heterocycles. The van der Waals surface area contributed by atoms with Crippen molar-refractivity contribution in [1.82, 2.24) is 19.5 Å². The topological polar surface area (TPSA) is 93.4 Å². The lowest BCUT2D eigenvalue weighted by molar-refractivity contribution is 0.813. The van der Waals surface area contributed by atoms with Crippen LogP contribution in [0, 0.1) is 11.3 Å². The molecule has 0 aliphatic heterocycles. The molecule has 0 atom stereocenters. The Hall–Kier alpha value is -2.65. The Morgan fingerprint density at radius 2 is 2.15 bits per heavy atom. The van der Waals surface area contributed by atoms with Crippen molar-refractivity contribution in [3.05, 3.63) is 47.0 Å². The second kappa shape index (κ2) is 4.79. The van der Waals surface area contributed by atoms with Gasteiger partial charge in [-0.05, 0) is 17.7 Å². The van der Waals surface area contributed by atoms with E-state index in [1.54, 1.807) is 18.5 Å². The minimum Gasteiger partial charge on any atom is -0.382 e. The largest absolute Gasteiger partial charge is 0.382 e. The van der Waals surface area contributed by atoms with Crippen LogP contribution in [0.5, 0.6) is 0 Å². The zero-order valence-electron chi connectivity index (χ0n) is 10.3. The molecule has 0 aliphatic rings. The SMILES string of the molecule is N#Cc1ccc(Cn2cnc3c(N)ncnc32)c(Cl)c1. The van der Waals surface area contributed by atoms with E-state index in [0.29, 0.717) is 34.1 Å². The van der Waals surface area contributed by atoms with Gasteiger partial charge in [-0.25, -0.2) is 15.0 Å². The third-order valence-electron chi connectivity index (χ3n) is 2.95. The first-order valence-electron chi connectivity index (χ1n) is 5.79. The Kier molecular flexibility index (Phi) is 2.97. The number of fused-ring (bicyclic) bond motifs is 1. The summed E-state index contributed by atoms with van der Waals surface area (Å²) in [7, 11) is 0. The van der Waals surface area contributed by atoms with Crippen LogP contribution in [0.2, 0.25) is 5.02 Å². The number of halogens is 1. The summed E-state index contributed by atoms with van der Waals surface area (Å²) in [6.07, 6.45) is 3.04. The molecule has 98 valence electrons. The van der Waals surface area contributed by atoms with Crippen LogP contribution in [-0.2, 0) is 6.54 Å². The third-order valence-corrected chi connectivity index (χ3v) is 3.30. The number of nitrogens with zero attached hydrogens (tertiary/aromatic N) is 5. The molecule has 0 aliphatic carbocycles. The van der Waals surface area contributed by atoms with Gasteiger partial charge < -0.3 is 10.3 Å². The lowest BCUT2D eigenvalue weighted by Gasteiger charge is -2.06. The molecular weight excluding hydrogens is 276 g/mol. The minimum atomic E-state index is 0.347. The van der Waals surface area contributed by atoms with Crippen LogP contribution in [0.15, 0.2) is 30.9 Å². The first-order valence-corrected chi connectivity index (χ1v) is 6.16. The van der Waals surface area contributed by atoms with Crippen molar-refractivity contribution in [2.45, 2.75) is 6.54 Å². The highest BCUT2D eigenvalue weighted by atomic mass is 35.5. The van der Waals surface area contributed by atoms with E-state index in [0.717, 1.165) is 5.56 Å². The molecule has 3 aromatic rings. The van der Waals surface area contributed by atoms with Gasteiger partial charge in [-0.1, -0.05) is 17.7 Å². The van der Waals surface area contributed by atoms with Crippen LogP contribution in [0.4, 0.5) is 5.82 Å². The summed E-state index contributed by atoms with van der Waals surface area (Å²) >= 11 is 6.17. The number of nitrogens with two attached hydrogens (primary N) is 1.